The highest BCUT2D eigenvalue weighted by Gasteiger charge is 2.15. The van der Waals surface area contributed by atoms with Crippen LogP contribution in [0.3, 0.4) is 0 Å². The number of aryl methyl sites for hydroxylation is 2. The Morgan fingerprint density at radius 3 is 2.23 bits per heavy atom. The Balaban J connectivity index is 1.51. The Hall–Kier alpha value is -4.06. The van der Waals surface area contributed by atoms with Crippen molar-refractivity contribution in [1.82, 2.24) is 4.57 Å². The molecule has 3 aromatic carbocycles. The van der Waals surface area contributed by atoms with Gasteiger partial charge < -0.3 is 20.5 Å². The first-order chi connectivity index (χ1) is 14.5. The van der Waals surface area contributed by atoms with Crippen molar-refractivity contribution >= 4 is 39.9 Å². The van der Waals surface area contributed by atoms with Crippen LogP contribution < -0.4 is 16.0 Å². The van der Waals surface area contributed by atoms with E-state index in [1.54, 1.807) is 12.1 Å². The van der Waals surface area contributed by atoms with Crippen LogP contribution in [0.4, 0.5) is 21.9 Å². The summed E-state index contributed by atoms with van der Waals surface area (Å²) in [6, 6.07) is 24.0. The van der Waals surface area contributed by atoms with Crippen molar-refractivity contribution in [3.8, 4) is 0 Å². The number of nitrogens with zero attached hydrogens (tertiary/aromatic N) is 1. The molecule has 0 radical (unpaired) electrons. The molecule has 1 aromatic heterocycles. The molecule has 0 saturated heterocycles. The molecule has 4 rings (SSSR count). The van der Waals surface area contributed by atoms with Gasteiger partial charge in [0.25, 0.3) is 5.91 Å². The number of para-hydroxylation sites is 2. The van der Waals surface area contributed by atoms with Gasteiger partial charge in [0.15, 0.2) is 0 Å². The van der Waals surface area contributed by atoms with Gasteiger partial charge in [-0.2, -0.15) is 0 Å². The Kier molecular flexibility index (Phi) is 5.22. The van der Waals surface area contributed by atoms with Crippen molar-refractivity contribution in [3.05, 3.63) is 90.1 Å². The molecule has 0 spiro atoms. The van der Waals surface area contributed by atoms with Gasteiger partial charge in [0, 0.05) is 35.0 Å². The predicted molar refractivity (Wildman–Crippen MR) is 121 cm³/mol. The Labute approximate surface area is 174 Å². The molecule has 6 heteroatoms. The number of rotatable bonds is 4. The first-order valence-electron chi connectivity index (χ1n) is 9.61. The number of benzene rings is 3. The summed E-state index contributed by atoms with van der Waals surface area (Å²) >= 11 is 0. The third-order valence-electron chi connectivity index (χ3n) is 4.96. The van der Waals surface area contributed by atoms with Gasteiger partial charge in [-0.25, -0.2) is 4.79 Å². The molecular formula is C24H22N4O2. The molecule has 0 atom stereocenters. The van der Waals surface area contributed by atoms with Gasteiger partial charge >= 0.3 is 6.03 Å². The van der Waals surface area contributed by atoms with E-state index >= 15 is 0 Å². The lowest BCUT2D eigenvalue weighted by atomic mass is 10.1. The van der Waals surface area contributed by atoms with Crippen molar-refractivity contribution in [3.63, 3.8) is 0 Å². The lowest BCUT2D eigenvalue weighted by Crippen LogP contribution is -2.20. The zero-order valence-electron chi connectivity index (χ0n) is 16.8. The maximum Gasteiger partial charge on any atom is 0.323 e. The summed E-state index contributed by atoms with van der Waals surface area (Å²) in [7, 11) is 1.87. The molecule has 0 fully saturated rings. The zero-order valence-corrected chi connectivity index (χ0v) is 16.8. The van der Waals surface area contributed by atoms with E-state index in [2.05, 4.69) is 16.0 Å². The van der Waals surface area contributed by atoms with E-state index in [9.17, 15) is 9.59 Å². The molecule has 30 heavy (non-hydrogen) atoms. The Bertz CT molecular complexity index is 1230. The average Bonchev–Trinajstić information content (AvgIpc) is 3.08. The van der Waals surface area contributed by atoms with Crippen molar-refractivity contribution in [2.75, 3.05) is 16.0 Å². The van der Waals surface area contributed by atoms with E-state index in [1.807, 2.05) is 85.3 Å². The molecule has 1 heterocycles. The molecule has 3 N–H and O–H groups in total. The summed E-state index contributed by atoms with van der Waals surface area (Å²) < 4.78 is 1.87. The number of hydrogen-bond acceptors (Lipinski definition) is 2. The highest BCUT2D eigenvalue weighted by Crippen LogP contribution is 2.23. The molecule has 3 amide bonds. The van der Waals surface area contributed by atoms with Crippen LogP contribution in [0.15, 0.2) is 78.9 Å². The van der Waals surface area contributed by atoms with Crippen molar-refractivity contribution in [2.24, 2.45) is 7.05 Å². The van der Waals surface area contributed by atoms with Crippen LogP contribution in [-0.4, -0.2) is 16.5 Å². The van der Waals surface area contributed by atoms with Crippen LogP contribution in [0.25, 0.3) is 10.9 Å². The van der Waals surface area contributed by atoms with Crippen molar-refractivity contribution in [2.45, 2.75) is 6.92 Å². The molecule has 0 aliphatic rings. The standard InChI is InChI=1S/C24H22N4O2/c1-16-12-13-19(26-24(30)25-18-9-4-3-5-10-18)15-20(16)27-23(29)22-14-17-8-6-7-11-21(17)28(22)2/h3-15H,1-2H3,(H,27,29)(H2,25,26,30). The average molecular weight is 398 g/mol. The summed E-state index contributed by atoms with van der Waals surface area (Å²) in [6.45, 7) is 1.91. The fraction of sp³-hybridized carbons (Fsp3) is 0.0833. The summed E-state index contributed by atoms with van der Waals surface area (Å²) in [4.78, 5) is 25.2. The van der Waals surface area contributed by atoms with E-state index in [-0.39, 0.29) is 11.9 Å². The smallest absolute Gasteiger partial charge is 0.323 e. The lowest BCUT2D eigenvalue weighted by Gasteiger charge is -2.12. The molecule has 0 saturated carbocycles. The third kappa shape index (κ3) is 4.03. The summed E-state index contributed by atoms with van der Waals surface area (Å²) in [5, 5.41) is 9.54. The molecule has 0 aliphatic carbocycles. The minimum Gasteiger partial charge on any atom is -0.340 e. The largest absolute Gasteiger partial charge is 0.340 e. The second-order valence-corrected chi connectivity index (χ2v) is 7.08. The van der Waals surface area contributed by atoms with E-state index in [4.69, 9.17) is 0 Å². The molecule has 0 bridgehead atoms. The number of nitrogens with one attached hydrogen (secondary N) is 3. The number of urea groups is 1. The van der Waals surface area contributed by atoms with Crippen LogP contribution >= 0.6 is 0 Å². The molecule has 6 nitrogen and oxygen atoms in total. The fourth-order valence-electron chi connectivity index (χ4n) is 3.34. The van der Waals surface area contributed by atoms with E-state index in [0.29, 0.717) is 22.8 Å². The number of carbonyl (C=O) groups is 2. The van der Waals surface area contributed by atoms with Gasteiger partial charge in [-0.15, -0.1) is 0 Å². The minimum absolute atomic E-state index is 0.206. The second-order valence-electron chi connectivity index (χ2n) is 7.08. The number of carbonyl (C=O) groups excluding carboxylic acids is 2. The molecule has 4 aromatic rings. The number of fused-ring (bicyclic) bond motifs is 1. The Morgan fingerprint density at radius 1 is 0.767 bits per heavy atom. The van der Waals surface area contributed by atoms with Gasteiger partial charge in [-0.3, -0.25) is 4.79 Å². The van der Waals surface area contributed by atoms with Crippen LogP contribution in [0, 0.1) is 6.92 Å². The van der Waals surface area contributed by atoms with Gasteiger partial charge in [-0.05, 0) is 48.9 Å². The number of amides is 3. The predicted octanol–water partition coefficient (Wildman–Crippen LogP) is 5.38. The number of anilines is 3. The molecule has 150 valence electrons. The molecule has 0 aliphatic heterocycles. The normalized spacial score (nSPS) is 10.6. The molecule has 0 unspecified atom stereocenters. The highest BCUT2D eigenvalue weighted by molar-refractivity contribution is 6.07. The minimum atomic E-state index is -0.351. The third-order valence-corrected chi connectivity index (χ3v) is 4.96. The monoisotopic (exact) mass is 398 g/mol. The number of hydrogen-bond donors (Lipinski definition) is 3. The van der Waals surface area contributed by atoms with Crippen LogP contribution in [0.1, 0.15) is 16.1 Å². The van der Waals surface area contributed by atoms with E-state index in [0.717, 1.165) is 16.5 Å². The quantitative estimate of drug-likeness (QED) is 0.431. The molecular weight excluding hydrogens is 376 g/mol. The van der Waals surface area contributed by atoms with Crippen molar-refractivity contribution in [1.29, 1.82) is 0 Å². The maximum atomic E-state index is 12.9. The zero-order chi connectivity index (χ0) is 21.1. The maximum absolute atomic E-state index is 12.9. The van der Waals surface area contributed by atoms with Gasteiger partial charge in [0.2, 0.25) is 0 Å². The highest BCUT2D eigenvalue weighted by atomic mass is 16.2. The second kappa shape index (κ2) is 8.13. The SMILES string of the molecule is Cc1ccc(NC(=O)Nc2ccccc2)cc1NC(=O)c1cc2ccccc2n1C. The first-order valence-corrected chi connectivity index (χ1v) is 9.61. The summed E-state index contributed by atoms with van der Waals surface area (Å²) in [5.41, 5.74) is 4.38. The lowest BCUT2D eigenvalue weighted by molar-refractivity contribution is 0.101. The number of aromatic nitrogens is 1. The van der Waals surface area contributed by atoms with Crippen LogP contribution in [-0.2, 0) is 7.05 Å². The van der Waals surface area contributed by atoms with Crippen LogP contribution in [0.2, 0.25) is 0 Å². The first kappa shape index (κ1) is 19.3. The van der Waals surface area contributed by atoms with E-state index in [1.165, 1.54) is 0 Å². The fourth-order valence-corrected chi connectivity index (χ4v) is 3.34. The van der Waals surface area contributed by atoms with Crippen molar-refractivity contribution < 1.29 is 9.59 Å². The van der Waals surface area contributed by atoms with E-state index < -0.39 is 0 Å². The van der Waals surface area contributed by atoms with Gasteiger partial charge in [0.1, 0.15) is 5.69 Å². The van der Waals surface area contributed by atoms with Crippen LogP contribution in [0.5, 0.6) is 0 Å². The summed E-state index contributed by atoms with van der Waals surface area (Å²) in [6.07, 6.45) is 0. The van der Waals surface area contributed by atoms with Gasteiger partial charge in [-0.1, -0.05) is 42.5 Å². The topological polar surface area (TPSA) is 75.2 Å². The summed E-state index contributed by atoms with van der Waals surface area (Å²) in [5.74, 6) is -0.206. The van der Waals surface area contributed by atoms with Gasteiger partial charge in [0.05, 0.1) is 0 Å². The Morgan fingerprint density at radius 2 is 1.47 bits per heavy atom.